The van der Waals surface area contributed by atoms with Crippen LogP contribution >= 0.6 is 0 Å². The molecular formula is C12H17NO4. The van der Waals surface area contributed by atoms with Crippen LogP contribution in [-0.4, -0.2) is 29.3 Å². The lowest BCUT2D eigenvalue weighted by molar-refractivity contribution is 0.0695. The van der Waals surface area contributed by atoms with E-state index >= 15 is 0 Å². The van der Waals surface area contributed by atoms with Crippen molar-refractivity contribution < 1.29 is 19.4 Å². The SMILES string of the molecule is Cc1oc(CNCC2(CO)CC2)cc1C(=O)O. The number of aliphatic hydroxyl groups is 1. The van der Waals surface area contributed by atoms with Crippen LogP contribution in [0.15, 0.2) is 10.5 Å². The van der Waals surface area contributed by atoms with E-state index in [9.17, 15) is 4.79 Å². The number of furan rings is 1. The molecule has 5 nitrogen and oxygen atoms in total. The van der Waals surface area contributed by atoms with E-state index in [1.165, 1.54) is 0 Å². The Morgan fingerprint density at radius 3 is 2.76 bits per heavy atom. The summed E-state index contributed by atoms with van der Waals surface area (Å²) in [6.07, 6.45) is 2.10. The lowest BCUT2D eigenvalue weighted by Gasteiger charge is -2.11. The summed E-state index contributed by atoms with van der Waals surface area (Å²) in [5.41, 5.74) is 0.266. The van der Waals surface area contributed by atoms with Crippen LogP contribution in [0.1, 0.15) is 34.7 Å². The molecule has 5 heteroatoms. The summed E-state index contributed by atoms with van der Waals surface area (Å²) in [6.45, 7) is 3.09. The molecule has 2 rings (SSSR count). The third-order valence-electron chi connectivity index (χ3n) is 3.29. The highest BCUT2D eigenvalue weighted by molar-refractivity contribution is 5.88. The third-order valence-corrected chi connectivity index (χ3v) is 3.29. The molecule has 0 aromatic carbocycles. The summed E-state index contributed by atoms with van der Waals surface area (Å²) in [5, 5.41) is 21.2. The van der Waals surface area contributed by atoms with Crippen molar-refractivity contribution in [3.63, 3.8) is 0 Å². The summed E-state index contributed by atoms with van der Waals surface area (Å²) >= 11 is 0. The minimum Gasteiger partial charge on any atom is -0.478 e. The number of carbonyl (C=O) groups is 1. The Kier molecular flexibility index (Phi) is 3.22. The molecule has 0 amide bonds. The molecule has 0 atom stereocenters. The molecule has 94 valence electrons. The van der Waals surface area contributed by atoms with Gasteiger partial charge in [-0.1, -0.05) is 0 Å². The van der Waals surface area contributed by atoms with Crippen molar-refractivity contribution in [2.45, 2.75) is 26.3 Å². The first kappa shape index (κ1) is 12.1. The molecule has 1 saturated carbocycles. The number of aromatic carboxylic acids is 1. The second-order valence-electron chi connectivity index (χ2n) is 4.75. The first-order valence-electron chi connectivity index (χ1n) is 5.70. The number of aryl methyl sites for hydroxylation is 1. The third kappa shape index (κ3) is 2.68. The molecule has 17 heavy (non-hydrogen) atoms. The van der Waals surface area contributed by atoms with E-state index in [1.54, 1.807) is 13.0 Å². The predicted octanol–water partition coefficient (Wildman–Crippen LogP) is 1.15. The van der Waals surface area contributed by atoms with Crippen LogP contribution in [0, 0.1) is 12.3 Å². The Balaban J connectivity index is 1.87. The predicted molar refractivity (Wildman–Crippen MR) is 60.9 cm³/mol. The number of hydrogen-bond donors (Lipinski definition) is 3. The fourth-order valence-electron chi connectivity index (χ4n) is 1.86. The fourth-order valence-corrected chi connectivity index (χ4v) is 1.86. The Labute approximate surface area is 99.4 Å². The van der Waals surface area contributed by atoms with E-state index < -0.39 is 5.97 Å². The van der Waals surface area contributed by atoms with Crippen LogP contribution in [0.25, 0.3) is 0 Å². The second kappa shape index (κ2) is 4.50. The van der Waals surface area contributed by atoms with E-state index in [1.807, 2.05) is 0 Å². The van der Waals surface area contributed by atoms with Crippen molar-refractivity contribution in [1.29, 1.82) is 0 Å². The Hall–Kier alpha value is -1.33. The summed E-state index contributed by atoms with van der Waals surface area (Å²) in [5.74, 6) is 0.0813. The Morgan fingerprint density at radius 2 is 2.29 bits per heavy atom. The number of carboxylic acids is 1. The molecule has 0 saturated heterocycles. The van der Waals surface area contributed by atoms with Crippen LogP contribution in [0.2, 0.25) is 0 Å². The van der Waals surface area contributed by atoms with Gasteiger partial charge in [0, 0.05) is 18.6 Å². The molecule has 0 bridgehead atoms. The van der Waals surface area contributed by atoms with Gasteiger partial charge in [0.1, 0.15) is 17.1 Å². The number of rotatable bonds is 6. The van der Waals surface area contributed by atoms with Gasteiger partial charge in [-0.15, -0.1) is 0 Å². The van der Waals surface area contributed by atoms with E-state index in [0.29, 0.717) is 18.1 Å². The van der Waals surface area contributed by atoms with Crippen LogP contribution < -0.4 is 5.32 Å². The Morgan fingerprint density at radius 1 is 1.59 bits per heavy atom. The fraction of sp³-hybridized carbons (Fsp3) is 0.583. The quantitative estimate of drug-likeness (QED) is 0.693. The topological polar surface area (TPSA) is 82.7 Å². The zero-order valence-corrected chi connectivity index (χ0v) is 9.82. The van der Waals surface area contributed by atoms with Gasteiger partial charge in [0.2, 0.25) is 0 Å². The number of nitrogens with one attached hydrogen (secondary N) is 1. The highest BCUT2D eigenvalue weighted by atomic mass is 16.4. The first-order valence-corrected chi connectivity index (χ1v) is 5.70. The van der Waals surface area contributed by atoms with E-state index in [-0.39, 0.29) is 17.6 Å². The van der Waals surface area contributed by atoms with Gasteiger partial charge < -0.3 is 19.9 Å². The van der Waals surface area contributed by atoms with Crippen molar-refractivity contribution in [2.24, 2.45) is 5.41 Å². The van der Waals surface area contributed by atoms with Crippen molar-refractivity contribution in [3.8, 4) is 0 Å². The standard InChI is InChI=1S/C12H17NO4/c1-8-10(11(15)16)4-9(17-8)5-13-6-12(7-14)2-3-12/h4,13-14H,2-3,5-7H2,1H3,(H,15,16). The van der Waals surface area contributed by atoms with E-state index in [4.69, 9.17) is 14.6 Å². The van der Waals surface area contributed by atoms with Gasteiger partial charge in [0.05, 0.1) is 6.54 Å². The van der Waals surface area contributed by atoms with Gasteiger partial charge in [0.25, 0.3) is 0 Å². The molecule has 0 radical (unpaired) electrons. The largest absolute Gasteiger partial charge is 0.478 e. The van der Waals surface area contributed by atoms with Gasteiger partial charge >= 0.3 is 5.97 Å². The zero-order chi connectivity index (χ0) is 12.5. The molecule has 1 fully saturated rings. The van der Waals surface area contributed by atoms with Gasteiger partial charge in [-0.05, 0) is 25.8 Å². The monoisotopic (exact) mass is 239 g/mol. The minimum atomic E-state index is -0.966. The van der Waals surface area contributed by atoms with Crippen LogP contribution in [0.3, 0.4) is 0 Å². The number of carboxylic acid groups (broad SMARTS) is 1. The smallest absolute Gasteiger partial charge is 0.339 e. The van der Waals surface area contributed by atoms with Gasteiger partial charge in [-0.25, -0.2) is 4.79 Å². The maximum atomic E-state index is 10.8. The van der Waals surface area contributed by atoms with Crippen molar-refractivity contribution in [3.05, 3.63) is 23.2 Å². The summed E-state index contributed by atoms with van der Waals surface area (Å²) in [4.78, 5) is 10.8. The molecule has 3 N–H and O–H groups in total. The number of aliphatic hydroxyl groups excluding tert-OH is 1. The molecule has 1 heterocycles. The van der Waals surface area contributed by atoms with Crippen molar-refractivity contribution in [2.75, 3.05) is 13.2 Å². The van der Waals surface area contributed by atoms with Crippen LogP contribution in [0.4, 0.5) is 0 Å². The average Bonchev–Trinajstić information content (AvgIpc) is 2.96. The van der Waals surface area contributed by atoms with Gasteiger partial charge in [-0.3, -0.25) is 0 Å². The van der Waals surface area contributed by atoms with Crippen molar-refractivity contribution in [1.82, 2.24) is 5.32 Å². The van der Waals surface area contributed by atoms with E-state index in [2.05, 4.69) is 5.32 Å². The number of hydrogen-bond acceptors (Lipinski definition) is 4. The average molecular weight is 239 g/mol. The minimum absolute atomic E-state index is 0.0528. The molecule has 0 spiro atoms. The lowest BCUT2D eigenvalue weighted by atomic mass is 10.1. The molecule has 1 aromatic heterocycles. The molecule has 1 aliphatic rings. The van der Waals surface area contributed by atoms with Gasteiger partial charge in [-0.2, -0.15) is 0 Å². The lowest BCUT2D eigenvalue weighted by Crippen LogP contribution is -2.25. The van der Waals surface area contributed by atoms with E-state index in [0.717, 1.165) is 19.4 Å². The summed E-state index contributed by atoms with van der Waals surface area (Å²) in [6, 6.07) is 1.54. The second-order valence-corrected chi connectivity index (χ2v) is 4.75. The summed E-state index contributed by atoms with van der Waals surface area (Å²) < 4.78 is 5.34. The zero-order valence-electron chi connectivity index (χ0n) is 9.82. The maximum Gasteiger partial charge on any atom is 0.339 e. The molecule has 0 aliphatic heterocycles. The molecule has 1 aliphatic carbocycles. The van der Waals surface area contributed by atoms with Crippen molar-refractivity contribution >= 4 is 5.97 Å². The normalized spacial score (nSPS) is 17.1. The highest BCUT2D eigenvalue weighted by Gasteiger charge is 2.41. The highest BCUT2D eigenvalue weighted by Crippen LogP contribution is 2.44. The molecule has 0 unspecified atom stereocenters. The first-order chi connectivity index (χ1) is 8.06. The maximum absolute atomic E-state index is 10.8. The van der Waals surface area contributed by atoms with Crippen LogP contribution in [-0.2, 0) is 6.54 Å². The van der Waals surface area contributed by atoms with Crippen LogP contribution in [0.5, 0.6) is 0 Å². The molecular weight excluding hydrogens is 222 g/mol. The Bertz CT molecular complexity index is 420. The molecule has 1 aromatic rings. The van der Waals surface area contributed by atoms with Gasteiger partial charge in [0.15, 0.2) is 0 Å². The summed E-state index contributed by atoms with van der Waals surface area (Å²) in [7, 11) is 0.